The Morgan fingerprint density at radius 1 is 1.05 bits per heavy atom. The van der Waals surface area contributed by atoms with Crippen LogP contribution in [0, 0.1) is 0 Å². The van der Waals surface area contributed by atoms with Crippen molar-refractivity contribution in [3.05, 3.63) is 83.2 Å². The molecule has 7 nitrogen and oxygen atoms in total. The van der Waals surface area contributed by atoms with Gasteiger partial charge in [-0.3, -0.25) is 14.6 Å². The summed E-state index contributed by atoms with van der Waals surface area (Å²) in [5.41, 5.74) is 3.53. The van der Waals surface area contributed by atoms with Crippen LogP contribution >= 0.6 is 0 Å². The lowest BCUT2D eigenvalue weighted by atomic mass is 10.1. The number of nitrogens with one attached hydrogen (secondary N) is 1. The maximum Gasteiger partial charge on any atom is 0.416 e. The molecule has 0 unspecified atom stereocenters. The number of amides is 2. The van der Waals surface area contributed by atoms with Crippen LogP contribution in [0.25, 0.3) is 0 Å². The van der Waals surface area contributed by atoms with Crippen molar-refractivity contribution in [3.63, 3.8) is 0 Å². The molecule has 5 rings (SSSR count). The fourth-order valence-electron chi connectivity index (χ4n) is 4.66. The molecule has 0 saturated carbocycles. The fraction of sp³-hybridized carbons (Fsp3) is 0.296. The van der Waals surface area contributed by atoms with Gasteiger partial charge in [0, 0.05) is 56.4 Å². The number of piperazine rings is 1. The van der Waals surface area contributed by atoms with E-state index in [4.69, 9.17) is 0 Å². The average molecular weight is 510 g/mol. The van der Waals surface area contributed by atoms with Crippen LogP contribution in [0.1, 0.15) is 27.0 Å². The summed E-state index contributed by atoms with van der Waals surface area (Å²) in [4.78, 5) is 35.2. The molecule has 1 saturated heterocycles. The van der Waals surface area contributed by atoms with Crippen molar-refractivity contribution in [1.82, 2.24) is 9.88 Å². The highest BCUT2D eigenvalue weighted by Gasteiger charge is 2.30. The van der Waals surface area contributed by atoms with E-state index in [9.17, 15) is 22.8 Å². The highest BCUT2D eigenvalue weighted by Crippen LogP contribution is 2.33. The van der Waals surface area contributed by atoms with E-state index >= 15 is 0 Å². The largest absolute Gasteiger partial charge is 0.416 e. The summed E-state index contributed by atoms with van der Waals surface area (Å²) in [5, 5.41) is 2.57. The molecule has 0 aliphatic carbocycles. The molecule has 0 atom stereocenters. The van der Waals surface area contributed by atoms with Crippen molar-refractivity contribution in [2.45, 2.75) is 19.1 Å². The number of rotatable bonds is 5. The lowest BCUT2D eigenvalue weighted by Crippen LogP contribution is -2.48. The number of carbonyl (C=O) groups excluding carboxylic acids is 2. The Labute approximate surface area is 212 Å². The van der Waals surface area contributed by atoms with Gasteiger partial charge in [-0.25, -0.2) is 0 Å². The SMILES string of the molecule is CN1CCN(c2cncc(CN3CCc4ccc(C(=O)Nc5cccc(C(F)(F)F)c5)cc43)c2)CC1=O. The van der Waals surface area contributed by atoms with Crippen molar-refractivity contribution in [2.75, 3.05) is 48.3 Å². The van der Waals surface area contributed by atoms with Crippen molar-refractivity contribution < 1.29 is 22.8 Å². The maximum absolute atomic E-state index is 13.0. The van der Waals surface area contributed by atoms with Crippen molar-refractivity contribution in [2.24, 2.45) is 0 Å². The Balaban J connectivity index is 1.30. The molecule has 2 aliphatic heterocycles. The van der Waals surface area contributed by atoms with Gasteiger partial charge in [0.15, 0.2) is 0 Å². The first-order valence-electron chi connectivity index (χ1n) is 12.0. The zero-order valence-corrected chi connectivity index (χ0v) is 20.3. The lowest BCUT2D eigenvalue weighted by molar-refractivity contribution is -0.137. The minimum atomic E-state index is -4.49. The Morgan fingerprint density at radius 3 is 2.68 bits per heavy atom. The number of pyridine rings is 1. The Kier molecular flexibility index (Phi) is 6.49. The monoisotopic (exact) mass is 509 g/mol. The molecule has 3 heterocycles. The third-order valence-corrected chi connectivity index (χ3v) is 6.76. The number of benzene rings is 2. The van der Waals surface area contributed by atoms with Crippen molar-refractivity contribution >= 4 is 28.9 Å². The number of halogens is 3. The predicted molar refractivity (Wildman–Crippen MR) is 135 cm³/mol. The van der Waals surface area contributed by atoms with Gasteiger partial charge in [0.1, 0.15) is 0 Å². The standard InChI is InChI=1S/C27H26F3N5O2/c1-33-9-10-34(17-25(33)36)23-11-18(14-31-15-23)16-35-8-7-19-5-6-20(12-24(19)35)26(37)32-22-4-2-3-21(13-22)27(28,29)30/h2-6,11-15H,7-10,16-17H2,1H3,(H,32,37). The quantitative estimate of drug-likeness (QED) is 0.559. The summed E-state index contributed by atoms with van der Waals surface area (Å²) < 4.78 is 39.1. The molecule has 192 valence electrons. The second-order valence-electron chi connectivity index (χ2n) is 9.34. The molecule has 0 radical (unpaired) electrons. The number of fused-ring (bicyclic) bond motifs is 1. The molecule has 10 heteroatoms. The second-order valence-corrected chi connectivity index (χ2v) is 9.34. The molecule has 3 aromatic rings. The normalized spacial score (nSPS) is 15.7. The minimum absolute atomic E-state index is 0.0704. The van der Waals surface area contributed by atoms with E-state index in [-0.39, 0.29) is 11.6 Å². The Bertz CT molecular complexity index is 1340. The highest BCUT2D eigenvalue weighted by atomic mass is 19.4. The third-order valence-electron chi connectivity index (χ3n) is 6.76. The van der Waals surface area contributed by atoms with E-state index in [1.165, 1.54) is 12.1 Å². The molecular weight excluding hydrogens is 483 g/mol. The van der Waals surface area contributed by atoms with Gasteiger partial charge in [-0.1, -0.05) is 12.1 Å². The first-order valence-corrected chi connectivity index (χ1v) is 12.0. The molecule has 0 bridgehead atoms. The highest BCUT2D eigenvalue weighted by molar-refractivity contribution is 6.05. The summed E-state index contributed by atoms with van der Waals surface area (Å²) >= 11 is 0. The summed E-state index contributed by atoms with van der Waals surface area (Å²) in [6.07, 6.45) is -0.106. The summed E-state index contributed by atoms with van der Waals surface area (Å²) in [7, 11) is 1.80. The number of hydrogen-bond donors (Lipinski definition) is 1. The molecule has 1 N–H and O–H groups in total. The van der Waals surface area contributed by atoms with Crippen LogP contribution in [-0.2, 0) is 23.9 Å². The number of anilines is 3. The molecule has 2 aliphatic rings. The fourth-order valence-corrected chi connectivity index (χ4v) is 4.66. The van der Waals surface area contributed by atoms with E-state index in [0.717, 1.165) is 54.1 Å². The van der Waals surface area contributed by atoms with Crippen molar-refractivity contribution in [3.8, 4) is 0 Å². The third kappa shape index (κ3) is 5.37. The first kappa shape index (κ1) is 24.6. The number of likely N-dealkylation sites (N-methyl/N-ethyl adjacent to an activating group) is 1. The van der Waals surface area contributed by atoms with Crippen LogP contribution in [0.5, 0.6) is 0 Å². The van der Waals surface area contributed by atoms with Gasteiger partial charge in [-0.15, -0.1) is 0 Å². The van der Waals surface area contributed by atoms with Gasteiger partial charge >= 0.3 is 6.18 Å². The summed E-state index contributed by atoms with van der Waals surface area (Å²) in [6.45, 7) is 3.07. The molecule has 1 aromatic heterocycles. The van der Waals surface area contributed by atoms with Crippen LogP contribution in [0.4, 0.5) is 30.2 Å². The van der Waals surface area contributed by atoms with Crippen LogP contribution in [0.2, 0.25) is 0 Å². The number of alkyl halides is 3. The van der Waals surface area contributed by atoms with Gasteiger partial charge < -0.3 is 20.0 Å². The Hall–Kier alpha value is -4.08. The van der Waals surface area contributed by atoms with Gasteiger partial charge in [0.05, 0.1) is 24.0 Å². The van der Waals surface area contributed by atoms with E-state index < -0.39 is 17.6 Å². The van der Waals surface area contributed by atoms with Gasteiger partial charge in [0.25, 0.3) is 5.91 Å². The second kappa shape index (κ2) is 9.76. The number of carbonyl (C=O) groups is 2. The van der Waals surface area contributed by atoms with Gasteiger partial charge in [-0.2, -0.15) is 13.2 Å². The van der Waals surface area contributed by atoms with Crippen molar-refractivity contribution in [1.29, 1.82) is 0 Å². The zero-order valence-electron chi connectivity index (χ0n) is 20.3. The Morgan fingerprint density at radius 2 is 1.89 bits per heavy atom. The molecule has 2 aromatic carbocycles. The van der Waals surface area contributed by atoms with E-state index in [0.29, 0.717) is 25.2 Å². The number of hydrogen-bond acceptors (Lipinski definition) is 5. The van der Waals surface area contributed by atoms with Gasteiger partial charge in [-0.05, 0) is 53.9 Å². The smallest absolute Gasteiger partial charge is 0.367 e. The van der Waals surface area contributed by atoms with Gasteiger partial charge in [0.2, 0.25) is 5.91 Å². The first-order chi connectivity index (χ1) is 17.7. The zero-order chi connectivity index (χ0) is 26.2. The average Bonchev–Trinajstić information content (AvgIpc) is 3.27. The van der Waals surface area contributed by atoms with E-state index in [1.807, 2.05) is 17.0 Å². The van der Waals surface area contributed by atoms with Crippen LogP contribution in [0.3, 0.4) is 0 Å². The van der Waals surface area contributed by atoms with E-state index in [1.54, 1.807) is 36.5 Å². The van der Waals surface area contributed by atoms with Crippen LogP contribution in [-0.4, -0.2) is 54.9 Å². The molecule has 0 spiro atoms. The molecule has 2 amide bonds. The number of nitrogens with zero attached hydrogens (tertiary/aromatic N) is 4. The number of aromatic nitrogens is 1. The predicted octanol–water partition coefficient (Wildman–Crippen LogP) is 4.19. The molecular formula is C27H26F3N5O2. The summed E-state index contributed by atoms with van der Waals surface area (Å²) in [6, 6.07) is 12.0. The summed E-state index contributed by atoms with van der Waals surface area (Å²) in [5.74, 6) is -0.404. The van der Waals surface area contributed by atoms with E-state index in [2.05, 4.69) is 15.2 Å². The van der Waals surface area contributed by atoms with Crippen LogP contribution < -0.4 is 15.1 Å². The minimum Gasteiger partial charge on any atom is -0.367 e. The maximum atomic E-state index is 13.0. The molecule has 1 fully saturated rings. The lowest BCUT2D eigenvalue weighted by Gasteiger charge is -2.33. The van der Waals surface area contributed by atoms with Crippen LogP contribution in [0.15, 0.2) is 60.9 Å². The topological polar surface area (TPSA) is 68.8 Å². The molecule has 37 heavy (non-hydrogen) atoms.